The van der Waals surface area contributed by atoms with Crippen LogP contribution >= 0.6 is 11.6 Å². The second-order valence-corrected chi connectivity index (χ2v) is 7.83. The molecule has 1 fully saturated rings. The third kappa shape index (κ3) is 4.21. The van der Waals surface area contributed by atoms with Crippen molar-refractivity contribution < 1.29 is 17.9 Å². The Morgan fingerprint density at radius 3 is 2.87 bits per heavy atom. The predicted molar refractivity (Wildman–Crippen MR) is 86.9 cm³/mol. The molecule has 0 aromatic heterocycles. The molecule has 0 bridgehead atoms. The van der Waals surface area contributed by atoms with E-state index in [2.05, 4.69) is 10.9 Å². The van der Waals surface area contributed by atoms with Crippen molar-refractivity contribution in [3.05, 3.63) is 34.9 Å². The number of ether oxygens (including phenoxy) is 1. The van der Waals surface area contributed by atoms with Crippen molar-refractivity contribution in [3.63, 3.8) is 0 Å². The number of rotatable bonds is 6. The lowest BCUT2D eigenvalue weighted by molar-refractivity contribution is -0.147. The van der Waals surface area contributed by atoms with Crippen LogP contribution in [0.4, 0.5) is 0 Å². The largest absolute Gasteiger partial charge is 0.466 e. The first kappa shape index (κ1) is 18.2. The average Bonchev–Trinajstić information content (AvgIpc) is 2.97. The molecule has 9 heteroatoms. The molecule has 2 atom stereocenters. The molecule has 1 aromatic carbocycles. The number of carbonyl (C=O) groups excluding carboxylic acids is 1. The van der Waals surface area contributed by atoms with Gasteiger partial charge in [-0.3, -0.25) is 10.2 Å². The summed E-state index contributed by atoms with van der Waals surface area (Å²) < 4.78 is 31.6. The quantitative estimate of drug-likeness (QED) is 0.726. The summed E-state index contributed by atoms with van der Waals surface area (Å²) >= 11 is 5.92. The second-order valence-electron chi connectivity index (χ2n) is 5.24. The standard InChI is InChI=1S/C14H20ClN3O4S/c1-3-22-14(19)12-8-16-17-13(12)23(20,21)18(2)9-10-5-4-6-11(15)7-10/h4-7,12-13,16-17H,3,8-9H2,1-2H3. The Hall–Kier alpha value is -1.19. The maximum atomic E-state index is 12.7. The lowest BCUT2D eigenvalue weighted by Crippen LogP contribution is -2.47. The SMILES string of the molecule is CCOC(=O)C1CNNC1S(=O)(=O)N(C)Cc1cccc(Cl)c1. The fraction of sp³-hybridized carbons (Fsp3) is 0.500. The molecule has 1 saturated heterocycles. The first-order valence-corrected chi connectivity index (χ1v) is 9.09. The van der Waals surface area contributed by atoms with Crippen molar-refractivity contribution in [1.29, 1.82) is 0 Å². The van der Waals surface area contributed by atoms with E-state index in [0.717, 1.165) is 5.56 Å². The van der Waals surface area contributed by atoms with Gasteiger partial charge >= 0.3 is 5.97 Å². The zero-order chi connectivity index (χ0) is 17.0. The van der Waals surface area contributed by atoms with Gasteiger partial charge in [0.2, 0.25) is 10.0 Å². The number of hydrogen-bond donors (Lipinski definition) is 2. The van der Waals surface area contributed by atoms with Crippen molar-refractivity contribution in [2.24, 2.45) is 5.92 Å². The molecular weight excluding hydrogens is 342 g/mol. The van der Waals surface area contributed by atoms with Gasteiger partial charge in [-0.1, -0.05) is 23.7 Å². The van der Waals surface area contributed by atoms with Crippen LogP contribution in [0.25, 0.3) is 0 Å². The van der Waals surface area contributed by atoms with Crippen molar-refractivity contribution in [2.75, 3.05) is 20.2 Å². The molecule has 0 radical (unpaired) electrons. The molecular formula is C14H20ClN3O4S. The van der Waals surface area contributed by atoms with Gasteiger partial charge in [-0.25, -0.2) is 13.8 Å². The van der Waals surface area contributed by atoms with E-state index in [1.54, 1.807) is 31.2 Å². The summed E-state index contributed by atoms with van der Waals surface area (Å²) in [5.74, 6) is -1.32. The summed E-state index contributed by atoms with van der Waals surface area (Å²) in [5, 5.41) is -0.524. The van der Waals surface area contributed by atoms with Crippen LogP contribution in [0, 0.1) is 5.92 Å². The second kappa shape index (κ2) is 7.59. The van der Waals surface area contributed by atoms with Gasteiger partial charge < -0.3 is 4.74 Å². The van der Waals surface area contributed by atoms with Crippen LogP contribution in [0.1, 0.15) is 12.5 Å². The number of esters is 1. The third-order valence-electron chi connectivity index (χ3n) is 3.57. The molecule has 2 unspecified atom stereocenters. The molecule has 1 aromatic rings. The Morgan fingerprint density at radius 2 is 2.22 bits per heavy atom. The fourth-order valence-electron chi connectivity index (χ4n) is 2.39. The van der Waals surface area contributed by atoms with Crippen molar-refractivity contribution in [3.8, 4) is 0 Å². The van der Waals surface area contributed by atoms with Crippen LogP contribution in [0.15, 0.2) is 24.3 Å². The Morgan fingerprint density at radius 1 is 1.48 bits per heavy atom. The Bertz CT molecular complexity index is 668. The highest BCUT2D eigenvalue weighted by Gasteiger charge is 2.44. The average molecular weight is 362 g/mol. The molecule has 2 rings (SSSR count). The number of sulfonamides is 1. The minimum Gasteiger partial charge on any atom is -0.466 e. The van der Waals surface area contributed by atoms with Gasteiger partial charge in [0.05, 0.1) is 6.61 Å². The molecule has 128 valence electrons. The van der Waals surface area contributed by atoms with E-state index in [9.17, 15) is 13.2 Å². The minimum atomic E-state index is -3.75. The highest BCUT2D eigenvalue weighted by atomic mass is 35.5. The molecule has 2 N–H and O–H groups in total. The van der Waals surface area contributed by atoms with Crippen LogP contribution in [-0.4, -0.2) is 44.3 Å². The normalized spacial score (nSPS) is 21.6. The van der Waals surface area contributed by atoms with E-state index < -0.39 is 27.3 Å². The fourth-order valence-corrected chi connectivity index (χ4v) is 4.18. The van der Waals surface area contributed by atoms with Crippen molar-refractivity contribution >= 4 is 27.6 Å². The van der Waals surface area contributed by atoms with E-state index in [-0.39, 0.29) is 19.7 Å². The van der Waals surface area contributed by atoms with Crippen LogP contribution in [0.5, 0.6) is 0 Å². The summed E-state index contributed by atoms with van der Waals surface area (Å²) in [5.41, 5.74) is 6.14. The summed E-state index contributed by atoms with van der Waals surface area (Å²) in [6.07, 6.45) is 0. The minimum absolute atomic E-state index is 0.163. The van der Waals surface area contributed by atoms with Gasteiger partial charge in [0.15, 0.2) is 5.37 Å². The Balaban J connectivity index is 2.14. The lowest BCUT2D eigenvalue weighted by atomic mass is 10.2. The van der Waals surface area contributed by atoms with Crippen LogP contribution in [0.2, 0.25) is 5.02 Å². The molecule has 0 aliphatic carbocycles. The number of hydrogen-bond acceptors (Lipinski definition) is 6. The topological polar surface area (TPSA) is 87.7 Å². The first-order chi connectivity index (χ1) is 10.9. The van der Waals surface area contributed by atoms with Crippen LogP contribution in [0.3, 0.4) is 0 Å². The monoisotopic (exact) mass is 361 g/mol. The number of hydrazine groups is 1. The Kier molecular flexibility index (Phi) is 5.99. The van der Waals surface area contributed by atoms with Gasteiger partial charge in [-0.15, -0.1) is 0 Å². The summed E-state index contributed by atoms with van der Waals surface area (Å²) in [6, 6.07) is 6.98. The molecule has 1 aliphatic heterocycles. The number of nitrogens with zero attached hydrogens (tertiary/aromatic N) is 1. The van der Waals surface area contributed by atoms with Gasteiger partial charge in [0.25, 0.3) is 0 Å². The molecule has 1 heterocycles. The number of halogens is 1. The van der Waals surface area contributed by atoms with Gasteiger partial charge in [-0.05, 0) is 24.6 Å². The van der Waals surface area contributed by atoms with Gasteiger partial charge in [-0.2, -0.15) is 4.31 Å². The van der Waals surface area contributed by atoms with Crippen molar-refractivity contribution in [2.45, 2.75) is 18.8 Å². The predicted octanol–water partition coefficient (Wildman–Crippen LogP) is 0.715. The van der Waals surface area contributed by atoms with E-state index in [1.165, 1.54) is 11.4 Å². The van der Waals surface area contributed by atoms with Crippen LogP contribution in [-0.2, 0) is 26.1 Å². The van der Waals surface area contributed by atoms with Crippen LogP contribution < -0.4 is 10.9 Å². The Labute approximate surface area is 141 Å². The number of benzene rings is 1. The first-order valence-electron chi connectivity index (χ1n) is 7.21. The zero-order valence-corrected chi connectivity index (χ0v) is 14.5. The molecule has 0 saturated carbocycles. The maximum Gasteiger partial charge on any atom is 0.313 e. The molecule has 1 aliphatic rings. The smallest absolute Gasteiger partial charge is 0.313 e. The van der Waals surface area contributed by atoms with Crippen molar-refractivity contribution in [1.82, 2.24) is 15.2 Å². The number of nitrogens with one attached hydrogen (secondary N) is 2. The molecule has 0 amide bonds. The van der Waals surface area contributed by atoms with E-state index in [4.69, 9.17) is 16.3 Å². The molecule has 0 spiro atoms. The van der Waals surface area contributed by atoms with E-state index in [1.807, 2.05) is 0 Å². The summed E-state index contributed by atoms with van der Waals surface area (Å²) in [4.78, 5) is 11.9. The zero-order valence-electron chi connectivity index (χ0n) is 13.0. The molecule has 7 nitrogen and oxygen atoms in total. The van der Waals surface area contributed by atoms with Gasteiger partial charge in [0, 0.05) is 25.2 Å². The highest BCUT2D eigenvalue weighted by molar-refractivity contribution is 7.89. The van der Waals surface area contributed by atoms with E-state index in [0.29, 0.717) is 5.02 Å². The maximum absolute atomic E-state index is 12.7. The lowest BCUT2D eigenvalue weighted by Gasteiger charge is -2.24. The van der Waals surface area contributed by atoms with E-state index >= 15 is 0 Å². The number of carbonyl (C=O) groups is 1. The van der Waals surface area contributed by atoms with Gasteiger partial charge in [0.1, 0.15) is 5.92 Å². The summed E-state index contributed by atoms with van der Waals surface area (Å²) in [7, 11) is -2.28. The highest BCUT2D eigenvalue weighted by Crippen LogP contribution is 2.21. The third-order valence-corrected chi connectivity index (χ3v) is 5.89. The molecule has 23 heavy (non-hydrogen) atoms. The summed E-state index contributed by atoms with van der Waals surface area (Å²) in [6.45, 7) is 2.26.